The van der Waals surface area contributed by atoms with E-state index < -0.39 is 6.10 Å². The Morgan fingerprint density at radius 3 is 3.05 bits per heavy atom. The number of ether oxygens (including phenoxy) is 2. The van der Waals surface area contributed by atoms with Gasteiger partial charge >= 0.3 is 0 Å². The second-order valence-electron chi connectivity index (χ2n) is 4.40. The lowest BCUT2D eigenvalue weighted by Crippen LogP contribution is -2.39. The molecule has 0 aliphatic carbocycles. The summed E-state index contributed by atoms with van der Waals surface area (Å²) in [4.78, 5) is 11.3. The van der Waals surface area contributed by atoms with Gasteiger partial charge in [0.05, 0.1) is 16.7 Å². The van der Waals surface area contributed by atoms with Gasteiger partial charge in [0.1, 0.15) is 24.5 Å². The van der Waals surface area contributed by atoms with Gasteiger partial charge in [0.15, 0.2) is 0 Å². The highest BCUT2D eigenvalue weighted by molar-refractivity contribution is 6.31. The smallest absolute Gasteiger partial charge is 0.263 e. The van der Waals surface area contributed by atoms with Crippen LogP contribution in [0, 0.1) is 11.3 Å². The van der Waals surface area contributed by atoms with Gasteiger partial charge in [0, 0.05) is 6.07 Å². The van der Waals surface area contributed by atoms with Crippen LogP contribution in [0.1, 0.15) is 18.4 Å². The summed E-state index contributed by atoms with van der Waals surface area (Å²) >= 11 is 5.91. The Kier molecular flexibility index (Phi) is 4.79. The van der Waals surface area contributed by atoms with Crippen LogP contribution in [-0.4, -0.2) is 24.7 Å². The molecule has 1 aliphatic heterocycles. The first kappa shape index (κ1) is 14.6. The van der Waals surface area contributed by atoms with Crippen LogP contribution >= 0.6 is 11.6 Å². The fourth-order valence-corrected chi connectivity index (χ4v) is 2.19. The molecule has 7 heteroatoms. The molecule has 1 aromatic carbocycles. The van der Waals surface area contributed by atoms with E-state index in [0.29, 0.717) is 29.4 Å². The Labute approximate surface area is 121 Å². The molecule has 1 saturated heterocycles. The molecule has 0 radical (unpaired) electrons. The van der Waals surface area contributed by atoms with Crippen LogP contribution in [-0.2, 0) is 9.53 Å². The number of hydrogen-bond acceptors (Lipinski definition) is 5. The number of benzene rings is 1. The first-order valence-corrected chi connectivity index (χ1v) is 6.50. The van der Waals surface area contributed by atoms with Crippen LogP contribution in [0.3, 0.4) is 0 Å². The number of nitriles is 1. The third-order valence-electron chi connectivity index (χ3n) is 3.04. The lowest BCUT2D eigenvalue weighted by atomic mass is 10.2. The number of halogens is 1. The van der Waals surface area contributed by atoms with E-state index in [1.807, 2.05) is 6.07 Å². The minimum absolute atomic E-state index is 0.160. The van der Waals surface area contributed by atoms with E-state index in [1.54, 1.807) is 18.2 Å². The summed E-state index contributed by atoms with van der Waals surface area (Å²) in [5.41, 5.74) is 2.47. The van der Waals surface area contributed by atoms with Gasteiger partial charge in [-0.2, -0.15) is 5.26 Å². The molecule has 2 rings (SSSR count). The average Bonchev–Trinajstić information content (AvgIpc) is 2.93. The van der Waals surface area contributed by atoms with Gasteiger partial charge in [-0.1, -0.05) is 11.6 Å². The maximum atomic E-state index is 11.3. The zero-order valence-electron chi connectivity index (χ0n) is 10.6. The maximum Gasteiger partial charge on any atom is 0.263 e. The van der Waals surface area contributed by atoms with Crippen molar-refractivity contribution in [3.05, 3.63) is 28.8 Å². The topological polar surface area (TPSA) is 97.4 Å². The molecular weight excluding hydrogens is 282 g/mol. The maximum absolute atomic E-state index is 11.3. The Balaban J connectivity index is 1.86. The molecule has 2 atom stereocenters. The summed E-state index contributed by atoms with van der Waals surface area (Å²) in [5, 5.41) is 9.12. The minimum Gasteiger partial charge on any atom is -0.491 e. The van der Waals surface area contributed by atoms with Gasteiger partial charge in [-0.25, -0.2) is 5.84 Å². The van der Waals surface area contributed by atoms with Crippen LogP contribution in [0.15, 0.2) is 18.2 Å². The number of nitrogens with zero attached hydrogens (tertiary/aromatic N) is 1. The number of hydrogen-bond donors (Lipinski definition) is 2. The number of nitrogens with one attached hydrogen (secondary N) is 1. The van der Waals surface area contributed by atoms with E-state index >= 15 is 0 Å². The molecule has 6 nitrogen and oxygen atoms in total. The third kappa shape index (κ3) is 3.39. The van der Waals surface area contributed by atoms with Crippen molar-refractivity contribution >= 4 is 17.5 Å². The molecule has 1 fully saturated rings. The number of carbonyl (C=O) groups excluding carboxylic acids is 1. The van der Waals surface area contributed by atoms with E-state index in [4.69, 9.17) is 32.2 Å². The van der Waals surface area contributed by atoms with E-state index in [9.17, 15) is 4.79 Å². The molecule has 0 spiro atoms. The minimum atomic E-state index is -0.516. The fraction of sp³-hybridized carbons (Fsp3) is 0.385. The fourth-order valence-electron chi connectivity index (χ4n) is 1.98. The van der Waals surface area contributed by atoms with Crippen molar-refractivity contribution in [2.75, 3.05) is 6.61 Å². The Morgan fingerprint density at radius 2 is 2.40 bits per heavy atom. The van der Waals surface area contributed by atoms with Crippen LogP contribution < -0.4 is 16.0 Å². The van der Waals surface area contributed by atoms with E-state index in [0.717, 1.165) is 6.42 Å². The molecule has 0 bridgehead atoms. The summed E-state index contributed by atoms with van der Waals surface area (Å²) < 4.78 is 11.1. The van der Waals surface area contributed by atoms with Crippen molar-refractivity contribution in [2.45, 2.75) is 25.0 Å². The SMILES string of the molecule is N#Cc1ccc(OCC2CCC(C(=O)NN)O2)cc1Cl. The van der Waals surface area contributed by atoms with Gasteiger partial charge in [-0.05, 0) is 25.0 Å². The zero-order chi connectivity index (χ0) is 14.5. The zero-order valence-corrected chi connectivity index (χ0v) is 11.4. The van der Waals surface area contributed by atoms with Crippen molar-refractivity contribution < 1.29 is 14.3 Å². The molecule has 0 aromatic heterocycles. The number of hydrazine groups is 1. The third-order valence-corrected chi connectivity index (χ3v) is 3.35. The lowest BCUT2D eigenvalue weighted by Gasteiger charge is -2.14. The summed E-state index contributed by atoms with van der Waals surface area (Å²) in [7, 11) is 0. The molecule has 1 aromatic rings. The van der Waals surface area contributed by atoms with Crippen LogP contribution in [0.2, 0.25) is 5.02 Å². The number of rotatable bonds is 4. The van der Waals surface area contributed by atoms with E-state index in [-0.39, 0.29) is 12.0 Å². The molecule has 1 heterocycles. The highest BCUT2D eigenvalue weighted by Crippen LogP contribution is 2.24. The van der Waals surface area contributed by atoms with Crippen molar-refractivity contribution in [3.8, 4) is 11.8 Å². The van der Waals surface area contributed by atoms with Gasteiger partial charge in [0.2, 0.25) is 0 Å². The van der Waals surface area contributed by atoms with Crippen molar-refractivity contribution in [3.63, 3.8) is 0 Å². The van der Waals surface area contributed by atoms with Crippen molar-refractivity contribution in [1.29, 1.82) is 5.26 Å². The Bertz CT molecular complexity index is 544. The first-order chi connectivity index (χ1) is 9.63. The number of nitrogens with two attached hydrogens (primary N) is 1. The Hall–Kier alpha value is -1.81. The highest BCUT2D eigenvalue weighted by atomic mass is 35.5. The van der Waals surface area contributed by atoms with Crippen LogP contribution in [0.4, 0.5) is 0 Å². The summed E-state index contributed by atoms with van der Waals surface area (Å²) in [6.07, 6.45) is 0.665. The van der Waals surface area contributed by atoms with Crippen LogP contribution in [0.5, 0.6) is 5.75 Å². The Morgan fingerprint density at radius 1 is 1.60 bits per heavy atom. The van der Waals surface area contributed by atoms with Gasteiger partial charge < -0.3 is 9.47 Å². The van der Waals surface area contributed by atoms with Gasteiger partial charge in [-0.15, -0.1) is 0 Å². The second-order valence-corrected chi connectivity index (χ2v) is 4.80. The summed E-state index contributed by atoms with van der Waals surface area (Å²) in [6, 6.07) is 6.82. The summed E-state index contributed by atoms with van der Waals surface area (Å²) in [6.45, 7) is 0.316. The molecule has 20 heavy (non-hydrogen) atoms. The monoisotopic (exact) mass is 295 g/mol. The number of amides is 1. The highest BCUT2D eigenvalue weighted by Gasteiger charge is 2.30. The number of carbonyl (C=O) groups is 1. The molecule has 0 saturated carbocycles. The lowest BCUT2D eigenvalue weighted by molar-refractivity contribution is -0.132. The predicted molar refractivity (Wildman–Crippen MR) is 71.9 cm³/mol. The van der Waals surface area contributed by atoms with Crippen LogP contribution in [0.25, 0.3) is 0 Å². The van der Waals surface area contributed by atoms with E-state index in [2.05, 4.69) is 5.43 Å². The molecular formula is C13H14ClN3O3. The molecule has 1 aliphatic rings. The average molecular weight is 296 g/mol. The largest absolute Gasteiger partial charge is 0.491 e. The van der Waals surface area contributed by atoms with Gasteiger partial charge in [-0.3, -0.25) is 10.2 Å². The molecule has 1 amide bonds. The molecule has 106 valence electrons. The standard InChI is InChI=1S/C13H14ClN3O3/c14-11-5-9(2-1-8(11)6-15)19-7-10-3-4-12(20-10)13(18)17-16/h1-2,5,10,12H,3-4,7,16H2,(H,17,18). The van der Waals surface area contributed by atoms with E-state index in [1.165, 1.54) is 0 Å². The first-order valence-electron chi connectivity index (χ1n) is 6.12. The van der Waals surface area contributed by atoms with Crippen molar-refractivity contribution in [2.24, 2.45) is 5.84 Å². The molecule has 3 N–H and O–H groups in total. The molecule has 2 unspecified atom stereocenters. The quantitative estimate of drug-likeness (QED) is 0.493. The summed E-state index contributed by atoms with van der Waals surface area (Å²) in [5.74, 6) is 5.29. The van der Waals surface area contributed by atoms with Gasteiger partial charge in [0.25, 0.3) is 5.91 Å². The normalized spacial score (nSPS) is 21.2. The van der Waals surface area contributed by atoms with Crippen molar-refractivity contribution in [1.82, 2.24) is 5.43 Å². The predicted octanol–water partition coefficient (Wildman–Crippen LogP) is 1.13. The second kappa shape index (κ2) is 6.57.